The first-order chi connectivity index (χ1) is 7.00. The van der Waals surface area contributed by atoms with Gasteiger partial charge in [-0.1, -0.05) is 6.07 Å². The normalized spacial score (nSPS) is 9.44. The minimum atomic E-state index is -0.522. The van der Waals surface area contributed by atoms with Crippen LogP contribution in [0.4, 0.5) is 5.69 Å². The molecule has 0 unspecified atom stereocenters. The van der Waals surface area contributed by atoms with E-state index in [0.717, 1.165) is 0 Å². The zero-order chi connectivity index (χ0) is 11.4. The Morgan fingerprint density at radius 2 is 2.06 bits per heavy atom. The number of amides is 1. The fourth-order valence-corrected chi connectivity index (χ4v) is 1.11. The van der Waals surface area contributed by atoms with Crippen LogP contribution in [0.2, 0.25) is 0 Å². The molecule has 1 aromatic rings. The maximum absolute atomic E-state index is 11.5. The molecule has 1 N–H and O–H groups in total. The van der Waals surface area contributed by atoms with Gasteiger partial charge < -0.3 is 5.32 Å². The SMILES string of the molecule is CC(C)NC(=O)c1cccc([N+](=O)[O-])c1.S. The van der Waals surface area contributed by atoms with Crippen LogP contribution in [0.15, 0.2) is 24.3 Å². The van der Waals surface area contributed by atoms with E-state index in [-0.39, 0.29) is 31.1 Å². The molecule has 0 fully saturated rings. The first-order valence-corrected chi connectivity index (χ1v) is 4.56. The van der Waals surface area contributed by atoms with Crippen LogP contribution in [-0.4, -0.2) is 16.9 Å². The summed E-state index contributed by atoms with van der Waals surface area (Å²) in [6.07, 6.45) is 0. The summed E-state index contributed by atoms with van der Waals surface area (Å²) < 4.78 is 0. The zero-order valence-electron chi connectivity index (χ0n) is 9.06. The number of nitro benzene ring substituents is 1. The third-order valence-electron chi connectivity index (χ3n) is 1.74. The molecular formula is C10H14N2O3S. The highest BCUT2D eigenvalue weighted by Gasteiger charge is 2.11. The lowest BCUT2D eigenvalue weighted by atomic mass is 10.2. The number of hydrogen-bond acceptors (Lipinski definition) is 3. The average molecular weight is 242 g/mol. The fourth-order valence-electron chi connectivity index (χ4n) is 1.11. The van der Waals surface area contributed by atoms with Gasteiger partial charge in [0.2, 0.25) is 0 Å². The Labute approximate surface area is 100 Å². The number of rotatable bonds is 3. The molecule has 0 atom stereocenters. The van der Waals surface area contributed by atoms with Gasteiger partial charge in [0.15, 0.2) is 0 Å². The lowest BCUT2D eigenvalue weighted by molar-refractivity contribution is -0.384. The predicted octanol–water partition coefficient (Wildman–Crippen LogP) is 1.85. The van der Waals surface area contributed by atoms with E-state index in [4.69, 9.17) is 0 Å². The van der Waals surface area contributed by atoms with Crippen molar-refractivity contribution < 1.29 is 9.72 Å². The summed E-state index contributed by atoms with van der Waals surface area (Å²) in [5, 5.41) is 13.1. The number of carbonyl (C=O) groups excluding carboxylic acids is 1. The molecular weight excluding hydrogens is 228 g/mol. The highest BCUT2D eigenvalue weighted by atomic mass is 32.1. The van der Waals surface area contributed by atoms with Gasteiger partial charge >= 0.3 is 0 Å². The van der Waals surface area contributed by atoms with E-state index >= 15 is 0 Å². The number of benzene rings is 1. The molecule has 0 aliphatic rings. The Bertz CT molecular complexity index is 393. The van der Waals surface area contributed by atoms with Crippen LogP contribution in [-0.2, 0) is 0 Å². The molecule has 1 aromatic carbocycles. The van der Waals surface area contributed by atoms with E-state index in [9.17, 15) is 14.9 Å². The number of hydrogen-bond donors (Lipinski definition) is 1. The summed E-state index contributed by atoms with van der Waals surface area (Å²) in [5.41, 5.74) is 0.226. The van der Waals surface area contributed by atoms with Gasteiger partial charge in [-0.05, 0) is 19.9 Å². The molecule has 0 aliphatic carbocycles. The highest BCUT2D eigenvalue weighted by molar-refractivity contribution is 7.59. The van der Waals surface area contributed by atoms with Gasteiger partial charge in [-0.25, -0.2) is 0 Å². The second kappa shape index (κ2) is 6.12. The van der Waals surface area contributed by atoms with Gasteiger partial charge in [0.25, 0.3) is 11.6 Å². The summed E-state index contributed by atoms with van der Waals surface area (Å²) in [7, 11) is 0. The maximum Gasteiger partial charge on any atom is 0.270 e. The van der Waals surface area contributed by atoms with Crippen LogP contribution in [0.5, 0.6) is 0 Å². The number of nitrogens with zero attached hydrogens (tertiary/aromatic N) is 1. The van der Waals surface area contributed by atoms with Crippen molar-refractivity contribution in [3.8, 4) is 0 Å². The largest absolute Gasteiger partial charge is 0.350 e. The van der Waals surface area contributed by atoms with Gasteiger partial charge in [0.1, 0.15) is 0 Å². The van der Waals surface area contributed by atoms with Crippen molar-refractivity contribution in [2.24, 2.45) is 0 Å². The minimum absolute atomic E-state index is 0. The molecule has 88 valence electrons. The van der Waals surface area contributed by atoms with Crippen molar-refractivity contribution in [1.82, 2.24) is 5.32 Å². The van der Waals surface area contributed by atoms with Crippen LogP contribution in [0.25, 0.3) is 0 Å². The summed E-state index contributed by atoms with van der Waals surface area (Å²) >= 11 is 0. The number of carbonyl (C=O) groups is 1. The summed E-state index contributed by atoms with van der Waals surface area (Å²) in [5.74, 6) is -0.297. The molecule has 1 rings (SSSR count). The molecule has 0 aromatic heterocycles. The first-order valence-electron chi connectivity index (χ1n) is 4.56. The lowest BCUT2D eigenvalue weighted by Gasteiger charge is -2.07. The molecule has 0 radical (unpaired) electrons. The quantitative estimate of drug-likeness (QED) is 0.649. The molecule has 0 spiro atoms. The topological polar surface area (TPSA) is 72.2 Å². The van der Waals surface area contributed by atoms with Crippen molar-refractivity contribution in [1.29, 1.82) is 0 Å². The van der Waals surface area contributed by atoms with Gasteiger partial charge in [-0.15, -0.1) is 0 Å². The molecule has 0 heterocycles. The van der Waals surface area contributed by atoms with Crippen molar-refractivity contribution in [2.45, 2.75) is 19.9 Å². The molecule has 0 bridgehead atoms. The Balaban J connectivity index is 0.00000225. The van der Waals surface area contributed by atoms with Crippen LogP contribution in [0.3, 0.4) is 0 Å². The van der Waals surface area contributed by atoms with Crippen molar-refractivity contribution in [3.05, 3.63) is 39.9 Å². The van der Waals surface area contributed by atoms with Gasteiger partial charge in [0.05, 0.1) is 4.92 Å². The molecule has 0 saturated carbocycles. The molecule has 0 aliphatic heterocycles. The standard InChI is InChI=1S/C10H12N2O3.H2S/c1-7(2)11-10(13)8-4-3-5-9(6-8)12(14)15;/h3-7H,1-2H3,(H,11,13);1H2. The highest BCUT2D eigenvalue weighted by Crippen LogP contribution is 2.12. The van der Waals surface area contributed by atoms with Crippen LogP contribution in [0, 0.1) is 10.1 Å². The van der Waals surface area contributed by atoms with Crippen LogP contribution in [0.1, 0.15) is 24.2 Å². The van der Waals surface area contributed by atoms with Crippen molar-refractivity contribution in [2.75, 3.05) is 0 Å². The molecule has 0 saturated heterocycles. The van der Waals surface area contributed by atoms with E-state index in [1.54, 1.807) is 6.07 Å². The average Bonchev–Trinajstić information content (AvgIpc) is 2.17. The monoisotopic (exact) mass is 242 g/mol. The van der Waals surface area contributed by atoms with E-state index < -0.39 is 4.92 Å². The summed E-state index contributed by atoms with van der Waals surface area (Å²) in [6, 6.07) is 5.67. The molecule has 1 amide bonds. The predicted molar refractivity (Wildman–Crippen MR) is 66.1 cm³/mol. The van der Waals surface area contributed by atoms with Gasteiger partial charge in [-0.2, -0.15) is 13.5 Å². The van der Waals surface area contributed by atoms with Crippen molar-refractivity contribution in [3.63, 3.8) is 0 Å². The van der Waals surface area contributed by atoms with E-state index in [0.29, 0.717) is 5.56 Å². The smallest absolute Gasteiger partial charge is 0.270 e. The second-order valence-corrected chi connectivity index (χ2v) is 3.44. The third-order valence-corrected chi connectivity index (χ3v) is 1.74. The van der Waals surface area contributed by atoms with Crippen molar-refractivity contribution >= 4 is 25.1 Å². The summed E-state index contributed by atoms with van der Waals surface area (Å²) in [6.45, 7) is 3.66. The number of nitro groups is 1. The number of non-ortho nitro benzene ring substituents is 1. The Hall–Kier alpha value is -1.56. The van der Waals surface area contributed by atoms with Gasteiger partial charge in [0, 0.05) is 23.7 Å². The van der Waals surface area contributed by atoms with Gasteiger partial charge in [-0.3, -0.25) is 14.9 Å². The van der Waals surface area contributed by atoms with E-state index in [1.807, 2.05) is 13.8 Å². The Morgan fingerprint density at radius 1 is 1.44 bits per heavy atom. The zero-order valence-corrected chi connectivity index (χ0v) is 10.1. The molecule has 16 heavy (non-hydrogen) atoms. The van der Waals surface area contributed by atoms with Crippen LogP contribution < -0.4 is 5.32 Å². The Kier molecular flexibility index (Phi) is 5.52. The van der Waals surface area contributed by atoms with E-state index in [1.165, 1.54) is 18.2 Å². The molecule has 6 heteroatoms. The molecule has 5 nitrogen and oxygen atoms in total. The summed E-state index contributed by atoms with van der Waals surface area (Å²) in [4.78, 5) is 21.4. The fraction of sp³-hybridized carbons (Fsp3) is 0.300. The maximum atomic E-state index is 11.5. The third kappa shape index (κ3) is 3.90. The second-order valence-electron chi connectivity index (χ2n) is 3.44. The van der Waals surface area contributed by atoms with E-state index in [2.05, 4.69) is 5.32 Å². The Morgan fingerprint density at radius 3 is 2.56 bits per heavy atom. The lowest BCUT2D eigenvalue weighted by Crippen LogP contribution is -2.30. The first kappa shape index (κ1) is 14.4. The van der Waals surface area contributed by atoms with Crippen LogP contribution >= 0.6 is 13.5 Å². The minimum Gasteiger partial charge on any atom is -0.350 e. The number of nitrogens with one attached hydrogen (secondary N) is 1.